The molecule has 94 valence electrons. The molecule has 1 aromatic rings. The Hall–Kier alpha value is -0.490. The second-order valence-electron chi connectivity index (χ2n) is 5.52. The van der Waals surface area contributed by atoms with Crippen LogP contribution >= 0.6 is 11.6 Å². The zero-order valence-electron chi connectivity index (χ0n) is 11.0. The molecule has 0 aliphatic heterocycles. The zero-order chi connectivity index (χ0) is 12.3. The normalized spacial score (nSPS) is 19.2. The van der Waals surface area contributed by atoms with Gasteiger partial charge in [0, 0.05) is 11.8 Å². The van der Waals surface area contributed by atoms with E-state index in [-0.39, 0.29) is 0 Å². The van der Waals surface area contributed by atoms with E-state index in [1.807, 2.05) is 0 Å². The molecule has 1 atom stereocenters. The quantitative estimate of drug-likeness (QED) is 0.647. The molecule has 0 nitrogen and oxygen atoms in total. The van der Waals surface area contributed by atoms with Crippen molar-refractivity contribution >= 4 is 11.6 Å². The minimum atomic E-state index is 0.567. The summed E-state index contributed by atoms with van der Waals surface area (Å²) >= 11 is 6.25. The molecule has 0 heterocycles. The Bertz CT molecular complexity index is 364. The van der Waals surface area contributed by atoms with Crippen LogP contribution in [0.4, 0.5) is 0 Å². The molecule has 1 aliphatic carbocycles. The second kappa shape index (κ2) is 5.91. The van der Waals surface area contributed by atoms with E-state index in [0.29, 0.717) is 5.92 Å². The molecule has 0 amide bonds. The van der Waals surface area contributed by atoms with Crippen LogP contribution in [-0.2, 0) is 0 Å². The fourth-order valence-electron chi connectivity index (χ4n) is 3.24. The minimum absolute atomic E-state index is 0.567. The first-order valence-electron chi connectivity index (χ1n) is 6.85. The fraction of sp³-hybridized carbons (Fsp3) is 0.625. The Morgan fingerprint density at radius 1 is 1.18 bits per heavy atom. The summed E-state index contributed by atoms with van der Waals surface area (Å²) in [6.07, 6.45) is 6.93. The molecule has 0 aromatic heterocycles. The highest BCUT2D eigenvalue weighted by atomic mass is 35.5. The lowest BCUT2D eigenvalue weighted by atomic mass is 9.76. The Balaban J connectivity index is 2.21. The molecule has 1 fully saturated rings. The molecule has 0 spiro atoms. The van der Waals surface area contributed by atoms with Crippen molar-refractivity contribution in [1.29, 1.82) is 0 Å². The zero-order valence-corrected chi connectivity index (χ0v) is 11.8. The first-order valence-corrected chi connectivity index (χ1v) is 7.39. The summed E-state index contributed by atoms with van der Waals surface area (Å²) in [7, 11) is 0. The molecule has 1 unspecified atom stereocenters. The number of hydrogen-bond donors (Lipinski definition) is 0. The van der Waals surface area contributed by atoms with E-state index < -0.39 is 0 Å². The lowest BCUT2D eigenvalue weighted by molar-refractivity contribution is 0.317. The van der Waals surface area contributed by atoms with E-state index in [1.165, 1.54) is 48.8 Å². The van der Waals surface area contributed by atoms with Gasteiger partial charge in [0.05, 0.1) is 0 Å². The summed E-state index contributed by atoms with van der Waals surface area (Å²) in [6.45, 7) is 4.39. The van der Waals surface area contributed by atoms with Gasteiger partial charge in [-0.1, -0.05) is 43.0 Å². The number of rotatable bonds is 3. The molecule has 0 radical (unpaired) electrons. The van der Waals surface area contributed by atoms with Crippen molar-refractivity contribution < 1.29 is 0 Å². The Morgan fingerprint density at radius 2 is 1.88 bits per heavy atom. The summed E-state index contributed by atoms with van der Waals surface area (Å²) in [5.41, 5.74) is 4.25. The summed E-state index contributed by atoms with van der Waals surface area (Å²) in [4.78, 5) is 0. The first-order chi connectivity index (χ1) is 8.22. The number of alkyl halides is 1. The van der Waals surface area contributed by atoms with E-state index in [1.54, 1.807) is 0 Å². The smallest absolute Gasteiger partial charge is 0.0295 e. The van der Waals surface area contributed by atoms with E-state index in [0.717, 1.165) is 11.8 Å². The van der Waals surface area contributed by atoms with Gasteiger partial charge in [0.15, 0.2) is 0 Å². The highest BCUT2D eigenvalue weighted by Crippen LogP contribution is 2.38. The first kappa shape index (κ1) is 13.0. The van der Waals surface area contributed by atoms with Crippen LogP contribution in [-0.4, -0.2) is 5.88 Å². The summed E-state index contributed by atoms with van der Waals surface area (Å²) in [5, 5.41) is 0. The predicted molar refractivity (Wildman–Crippen MR) is 76.0 cm³/mol. The molecule has 1 saturated carbocycles. The molecule has 0 saturated heterocycles. The monoisotopic (exact) mass is 250 g/mol. The van der Waals surface area contributed by atoms with Crippen LogP contribution in [0.3, 0.4) is 0 Å². The molecule has 1 aliphatic rings. The van der Waals surface area contributed by atoms with Crippen molar-refractivity contribution in [3.8, 4) is 0 Å². The molecule has 0 N–H and O–H groups in total. The van der Waals surface area contributed by atoms with Crippen LogP contribution < -0.4 is 0 Å². The number of halogens is 1. The largest absolute Gasteiger partial charge is 0.126 e. The highest BCUT2D eigenvalue weighted by molar-refractivity contribution is 6.18. The van der Waals surface area contributed by atoms with Gasteiger partial charge in [-0.05, 0) is 43.7 Å². The lowest BCUT2D eigenvalue weighted by Crippen LogP contribution is -2.18. The maximum absolute atomic E-state index is 6.25. The SMILES string of the molecule is Cc1ccc(C(CCl)C2CCCCC2)c(C)c1. The summed E-state index contributed by atoms with van der Waals surface area (Å²) < 4.78 is 0. The number of aryl methyl sites for hydroxylation is 2. The predicted octanol–water partition coefficient (Wildman–Crippen LogP) is 5.21. The van der Waals surface area contributed by atoms with Crippen LogP contribution in [0.1, 0.15) is 54.7 Å². The Morgan fingerprint density at radius 3 is 2.47 bits per heavy atom. The number of benzene rings is 1. The summed E-state index contributed by atoms with van der Waals surface area (Å²) in [5.74, 6) is 2.15. The molecule has 2 rings (SSSR count). The average Bonchev–Trinajstić information content (AvgIpc) is 2.34. The van der Waals surface area contributed by atoms with E-state index in [2.05, 4.69) is 32.0 Å². The standard InChI is InChI=1S/C16H23Cl/c1-12-8-9-15(13(2)10-12)16(11-17)14-6-4-3-5-7-14/h8-10,14,16H,3-7,11H2,1-2H3. The third kappa shape index (κ3) is 3.04. The highest BCUT2D eigenvalue weighted by Gasteiger charge is 2.25. The third-order valence-electron chi connectivity index (χ3n) is 4.21. The van der Waals surface area contributed by atoms with Crippen molar-refractivity contribution in [3.05, 3.63) is 34.9 Å². The van der Waals surface area contributed by atoms with Gasteiger partial charge in [-0.2, -0.15) is 0 Å². The molecular formula is C16H23Cl. The van der Waals surface area contributed by atoms with E-state index in [4.69, 9.17) is 11.6 Å². The molecular weight excluding hydrogens is 228 g/mol. The second-order valence-corrected chi connectivity index (χ2v) is 5.83. The molecule has 1 heteroatoms. The maximum atomic E-state index is 6.25. The van der Waals surface area contributed by atoms with Crippen molar-refractivity contribution in [1.82, 2.24) is 0 Å². The maximum Gasteiger partial charge on any atom is 0.0295 e. The van der Waals surface area contributed by atoms with Gasteiger partial charge in [-0.15, -0.1) is 11.6 Å². The van der Waals surface area contributed by atoms with Crippen LogP contribution in [0.25, 0.3) is 0 Å². The van der Waals surface area contributed by atoms with Crippen LogP contribution in [0.15, 0.2) is 18.2 Å². The van der Waals surface area contributed by atoms with Crippen LogP contribution in [0, 0.1) is 19.8 Å². The van der Waals surface area contributed by atoms with Crippen LogP contribution in [0.2, 0.25) is 0 Å². The van der Waals surface area contributed by atoms with Gasteiger partial charge in [-0.3, -0.25) is 0 Å². The van der Waals surface area contributed by atoms with Crippen molar-refractivity contribution in [2.24, 2.45) is 5.92 Å². The van der Waals surface area contributed by atoms with Crippen molar-refractivity contribution in [2.45, 2.75) is 51.9 Å². The average molecular weight is 251 g/mol. The molecule has 0 bridgehead atoms. The lowest BCUT2D eigenvalue weighted by Gasteiger charge is -2.30. The molecule has 17 heavy (non-hydrogen) atoms. The Kier molecular flexibility index (Phi) is 4.50. The summed E-state index contributed by atoms with van der Waals surface area (Å²) in [6, 6.07) is 6.81. The van der Waals surface area contributed by atoms with Gasteiger partial charge < -0.3 is 0 Å². The van der Waals surface area contributed by atoms with Gasteiger partial charge in [0.1, 0.15) is 0 Å². The third-order valence-corrected chi connectivity index (χ3v) is 4.54. The van der Waals surface area contributed by atoms with E-state index in [9.17, 15) is 0 Å². The fourth-order valence-corrected chi connectivity index (χ4v) is 3.66. The van der Waals surface area contributed by atoms with Crippen molar-refractivity contribution in [3.63, 3.8) is 0 Å². The molecule has 1 aromatic carbocycles. The topological polar surface area (TPSA) is 0 Å². The Labute approximate surface area is 110 Å². The van der Waals surface area contributed by atoms with E-state index >= 15 is 0 Å². The minimum Gasteiger partial charge on any atom is -0.126 e. The van der Waals surface area contributed by atoms with Gasteiger partial charge >= 0.3 is 0 Å². The number of hydrogen-bond acceptors (Lipinski definition) is 0. The van der Waals surface area contributed by atoms with Gasteiger partial charge in [0.2, 0.25) is 0 Å². The van der Waals surface area contributed by atoms with Gasteiger partial charge in [0.25, 0.3) is 0 Å². The van der Waals surface area contributed by atoms with Crippen LogP contribution in [0.5, 0.6) is 0 Å². The van der Waals surface area contributed by atoms with Crippen molar-refractivity contribution in [2.75, 3.05) is 5.88 Å². The van der Waals surface area contributed by atoms with Gasteiger partial charge in [-0.25, -0.2) is 0 Å².